The fraction of sp³-hybridized carbons (Fsp3) is 0.750. The Balaban J connectivity index is 2.32. The van der Waals surface area contributed by atoms with Crippen molar-refractivity contribution in [2.75, 3.05) is 6.61 Å². The summed E-state index contributed by atoms with van der Waals surface area (Å²) in [6.07, 6.45) is 1.69. The molecule has 0 bridgehead atoms. The highest BCUT2D eigenvalue weighted by Gasteiger charge is 2.43. The lowest BCUT2D eigenvalue weighted by atomic mass is 10.2. The second-order valence-corrected chi connectivity index (χ2v) is 15.0. The van der Waals surface area contributed by atoms with Crippen molar-refractivity contribution in [1.82, 2.24) is 14.5 Å². The SMILES string of the molecule is CC(C)(C)OC(=O)N1[C@H](CO[Si](C)(C)C(C)(C)C)CC[C@@H]1n1ccc(=O)[nH]c1=O. The summed E-state index contributed by atoms with van der Waals surface area (Å²) in [6.45, 7) is 16.7. The van der Waals surface area contributed by atoms with Crippen molar-refractivity contribution in [2.45, 2.75) is 90.3 Å². The minimum atomic E-state index is -2.00. The van der Waals surface area contributed by atoms with Crippen LogP contribution in [0.15, 0.2) is 21.9 Å². The number of carbonyl (C=O) groups excluding carboxylic acids is 1. The molecule has 164 valence electrons. The molecule has 1 fully saturated rings. The predicted molar refractivity (Wildman–Crippen MR) is 115 cm³/mol. The Labute approximate surface area is 173 Å². The molecule has 1 aromatic rings. The first kappa shape index (κ1) is 23.4. The van der Waals surface area contributed by atoms with Crippen LogP contribution >= 0.6 is 0 Å². The molecule has 1 saturated heterocycles. The number of hydrogen-bond donors (Lipinski definition) is 1. The molecule has 1 aliphatic rings. The van der Waals surface area contributed by atoms with Crippen molar-refractivity contribution in [2.24, 2.45) is 0 Å². The summed E-state index contributed by atoms with van der Waals surface area (Å²) in [6, 6.07) is 1.08. The summed E-state index contributed by atoms with van der Waals surface area (Å²) in [4.78, 5) is 40.7. The topological polar surface area (TPSA) is 93.6 Å². The third kappa shape index (κ3) is 5.60. The van der Waals surface area contributed by atoms with Gasteiger partial charge in [0, 0.05) is 12.3 Å². The predicted octanol–water partition coefficient (Wildman–Crippen LogP) is 3.46. The Morgan fingerprint density at radius 2 is 1.79 bits per heavy atom. The van der Waals surface area contributed by atoms with E-state index in [1.165, 1.54) is 16.8 Å². The Hall–Kier alpha value is -1.87. The molecule has 1 amide bonds. The van der Waals surface area contributed by atoms with E-state index < -0.39 is 37.4 Å². The monoisotopic (exact) mass is 425 g/mol. The van der Waals surface area contributed by atoms with Gasteiger partial charge in [0.1, 0.15) is 11.8 Å². The van der Waals surface area contributed by atoms with Crippen LogP contribution in [0, 0.1) is 0 Å². The molecule has 1 N–H and O–H groups in total. The van der Waals surface area contributed by atoms with Gasteiger partial charge in [-0.15, -0.1) is 0 Å². The van der Waals surface area contributed by atoms with Gasteiger partial charge in [0.05, 0.1) is 12.6 Å². The first-order chi connectivity index (χ1) is 13.1. The molecule has 1 aliphatic heterocycles. The molecule has 0 spiro atoms. The second-order valence-electron chi connectivity index (χ2n) is 10.2. The van der Waals surface area contributed by atoms with E-state index in [-0.39, 0.29) is 11.1 Å². The second kappa shape index (κ2) is 8.10. The summed E-state index contributed by atoms with van der Waals surface area (Å²) < 4.78 is 13.4. The maximum absolute atomic E-state index is 13.0. The number of amides is 1. The smallest absolute Gasteiger partial charge is 0.412 e. The summed E-state index contributed by atoms with van der Waals surface area (Å²) in [5.41, 5.74) is -1.67. The van der Waals surface area contributed by atoms with Crippen molar-refractivity contribution >= 4 is 14.4 Å². The van der Waals surface area contributed by atoms with Crippen LogP contribution in [0.1, 0.15) is 60.5 Å². The number of likely N-dealkylation sites (tertiary alicyclic amines) is 1. The van der Waals surface area contributed by atoms with E-state index in [2.05, 4.69) is 38.8 Å². The molecule has 1 aromatic heterocycles. The third-order valence-electron chi connectivity index (χ3n) is 5.69. The lowest BCUT2D eigenvalue weighted by Gasteiger charge is -2.39. The Kier molecular flexibility index (Phi) is 6.54. The van der Waals surface area contributed by atoms with Gasteiger partial charge >= 0.3 is 11.8 Å². The normalized spacial score (nSPS) is 20.8. The molecule has 2 heterocycles. The number of rotatable bonds is 4. The standard InChI is InChI=1S/C20H35N3O5Si/c1-19(2,3)28-18(26)23-14(13-27-29(7,8)20(4,5)6)9-10-16(23)22-12-11-15(24)21-17(22)25/h11-12,14,16H,9-10,13H2,1-8H3,(H,21,24,25)/t14-,16+/m0/s1. The van der Waals surface area contributed by atoms with Crippen molar-refractivity contribution in [3.8, 4) is 0 Å². The van der Waals surface area contributed by atoms with Crippen LogP contribution < -0.4 is 11.2 Å². The Morgan fingerprint density at radius 1 is 1.17 bits per heavy atom. The number of nitrogens with zero attached hydrogens (tertiary/aromatic N) is 2. The van der Waals surface area contributed by atoms with E-state index in [1.807, 2.05) is 20.8 Å². The maximum atomic E-state index is 13.0. The fourth-order valence-electron chi connectivity index (χ4n) is 3.07. The largest absolute Gasteiger partial charge is 0.444 e. The minimum absolute atomic E-state index is 0.0532. The van der Waals surface area contributed by atoms with Crippen LogP contribution in [0.3, 0.4) is 0 Å². The summed E-state index contributed by atoms with van der Waals surface area (Å²) in [5.74, 6) is 0. The third-order valence-corrected chi connectivity index (χ3v) is 10.2. The van der Waals surface area contributed by atoms with E-state index in [4.69, 9.17) is 9.16 Å². The van der Waals surface area contributed by atoms with Crippen LogP contribution in [0.4, 0.5) is 4.79 Å². The number of aromatic nitrogens is 2. The molecule has 2 rings (SSSR count). The molecule has 29 heavy (non-hydrogen) atoms. The molecule has 8 nitrogen and oxygen atoms in total. The molecule has 0 aromatic carbocycles. The van der Waals surface area contributed by atoms with Crippen LogP contribution in [0.5, 0.6) is 0 Å². The first-order valence-corrected chi connectivity index (χ1v) is 13.0. The van der Waals surface area contributed by atoms with Gasteiger partial charge in [0.15, 0.2) is 8.32 Å². The number of aromatic amines is 1. The van der Waals surface area contributed by atoms with Gasteiger partial charge in [-0.25, -0.2) is 9.59 Å². The molecule has 2 atom stereocenters. The van der Waals surface area contributed by atoms with Gasteiger partial charge in [-0.2, -0.15) is 0 Å². The minimum Gasteiger partial charge on any atom is -0.444 e. The summed E-state index contributed by atoms with van der Waals surface area (Å²) >= 11 is 0. The zero-order valence-corrected chi connectivity index (χ0v) is 19.9. The van der Waals surface area contributed by atoms with E-state index in [1.54, 1.807) is 4.90 Å². The molecule has 0 aliphatic carbocycles. The zero-order chi connectivity index (χ0) is 22.2. The maximum Gasteiger partial charge on any atom is 0.412 e. The highest BCUT2D eigenvalue weighted by Crippen LogP contribution is 2.38. The van der Waals surface area contributed by atoms with Gasteiger partial charge in [0.25, 0.3) is 5.56 Å². The number of ether oxygens (including phenoxy) is 1. The number of carbonyl (C=O) groups is 1. The van der Waals surface area contributed by atoms with E-state index in [0.29, 0.717) is 19.4 Å². The molecular weight excluding hydrogens is 390 g/mol. The molecular formula is C20H35N3O5Si. The molecule has 0 radical (unpaired) electrons. The average Bonchev–Trinajstić information content (AvgIpc) is 2.94. The molecule has 0 unspecified atom stereocenters. The summed E-state index contributed by atoms with van der Waals surface area (Å²) in [7, 11) is -2.00. The lowest BCUT2D eigenvalue weighted by molar-refractivity contribution is 0.00129. The van der Waals surface area contributed by atoms with Crippen molar-refractivity contribution < 1.29 is 14.0 Å². The summed E-state index contributed by atoms with van der Waals surface area (Å²) in [5, 5.41) is 0.0532. The lowest BCUT2D eigenvalue weighted by Crippen LogP contribution is -2.49. The van der Waals surface area contributed by atoms with Gasteiger partial charge in [-0.05, 0) is 51.7 Å². The van der Waals surface area contributed by atoms with E-state index >= 15 is 0 Å². The number of hydrogen-bond acceptors (Lipinski definition) is 5. The quantitative estimate of drug-likeness (QED) is 0.746. The van der Waals surface area contributed by atoms with Gasteiger partial charge in [-0.1, -0.05) is 20.8 Å². The van der Waals surface area contributed by atoms with Crippen molar-refractivity contribution in [3.05, 3.63) is 33.1 Å². The van der Waals surface area contributed by atoms with E-state index in [9.17, 15) is 14.4 Å². The zero-order valence-electron chi connectivity index (χ0n) is 18.9. The van der Waals surface area contributed by atoms with Crippen molar-refractivity contribution in [3.63, 3.8) is 0 Å². The van der Waals surface area contributed by atoms with Gasteiger partial charge < -0.3 is 9.16 Å². The highest BCUT2D eigenvalue weighted by atomic mass is 28.4. The molecule has 0 saturated carbocycles. The van der Waals surface area contributed by atoms with Crippen LogP contribution in [0.2, 0.25) is 18.1 Å². The van der Waals surface area contributed by atoms with E-state index in [0.717, 1.165) is 0 Å². The first-order valence-electron chi connectivity index (χ1n) is 10.1. The highest BCUT2D eigenvalue weighted by molar-refractivity contribution is 6.74. The average molecular weight is 426 g/mol. The van der Waals surface area contributed by atoms with Crippen LogP contribution in [0.25, 0.3) is 0 Å². The van der Waals surface area contributed by atoms with Crippen molar-refractivity contribution in [1.29, 1.82) is 0 Å². The number of nitrogens with one attached hydrogen (secondary N) is 1. The van der Waals surface area contributed by atoms with Crippen LogP contribution in [-0.2, 0) is 9.16 Å². The Morgan fingerprint density at radius 3 is 2.31 bits per heavy atom. The molecule has 9 heteroatoms. The van der Waals surface area contributed by atoms with Crippen LogP contribution in [-0.4, -0.2) is 47.1 Å². The number of H-pyrrole nitrogens is 1. The Bertz CT molecular complexity index is 847. The fourth-order valence-corrected chi connectivity index (χ4v) is 4.11. The van der Waals surface area contributed by atoms with Gasteiger partial charge in [-0.3, -0.25) is 19.2 Å². The van der Waals surface area contributed by atoms with Gasteiger partial charge in [0.2, 0.25) is 0 Å².